The predicted octanol–water partition coefficient (Wildman–Crippen LogP) is 2.83. The zero-order valence-electron chi connectivity index (χ0n) is 14.9. The van der Waals surface area contributed by atoms with Crippen LogP contribution in [0.4, 0.5) is 8.78 Å². The van der Waals surface area contributed by atoms with E-state index in [0.29, 0.717) is 0 Å². The molecule has 1 aliphatic carbocycles. The molecular weight excluding hydrogens is 410 g/mol. The normalized spacial score (nSPS) is 14.0. The summed E-state index contributed by atoms with van der Waals surface area (Å²) < 4.78 is 68.0. The van der Waals surface area contributed by atoms with E-state index in [1.165, 1.54) is 12.1 Å². The van der Waals surface area contributed by atoms with Gasteiger partial charge in [0.25, 0.3) is 0 Å². The van der Waals surface area contributed by atoms with Crippen molar-refractivity contribution in [2.24, 2.45) is 0 Å². The zero-order valence-corrected chi connectivity index (χ0v) is 15.7. The van der Waals surface area contributed by atoms with Gasteiger partial charge in [0.1, 0.15) is 17.1 Å². The van der Waals surface area contributed by atoms with Crippen molar-refractivity contribution in [3.8, 4) is 11.5 Å². The van der Waals surface area contributed by atoms with Gasteiger partial charge in [-0.2, -0.15) is 8.78 Å². The number of rotatable bonds is 5. The molecule has 3 rings (SSSR count). The highest BCUT2D eigenvalue weighted by molar-refractivity contribution is 7.87. The molecule has 0 bridgehead atoms. The molecule has 154 valence electrons. The molecule has 0 aromatic heterocycles. The number of benzene rings is 2. The Bertz CT molecular complexity index is 1060. The van der Waals surface area contributed by atoms with Crippen molar-refractivity contribution in [3.05, 3.63) is 59.2 Å². The van der Waals surface area contributed by atoms with Crippen molar-refractivity contribution in [1.29, 1.82) is 0 Å². The van der Waals surface area contributed by atoms with E-state index in [2.05, 4.69) is 4.74 Å². The number of carbonyl (C=O) groups excluding carboxylic acids is 2. The maximum absolute atomic E-state index is 13.4. The van der Waals surface area contributed by atoms with Crippen LogP contribution >= 0.6 is 0 Å². The fourth-order valence-electron chi connectivity index (χ4n) is 2.92. The van der Waals surface area contributed by atoms with E-state index in [1.807, 2.05) is 6.07 Å². The summed E-state index contributed by atoms with van der Waals surface area (Å²) in [5.74, 6) is -4.05. The molecule has 0 N–H and O–H groups in total. The summed E-state index contributed by atoms with van der Waals surface area (Å²) in [7, 11) is -6.29. The van der Waals surface area contributed by atoms with Crippen LogP contribution < -0.4 is 9.47 Å². The standard InChI is InChI=1S/C19H16F2O7S/c20-19(21,29(24,25)26)18(23)28-16-8-4-3-7-15(16)17(22)27-14-10-9-12-5-1-2-6-13(12)11-14/h3-4,7-11H,1-2,5-6H2,(H,24,25,26)/p-1. The molecule has 2 aromatic rings. The molecule has 0 saturated carbocycles. The molecular formula is C19H15F2O7S-. The van der Waals surface area contributed by atoms with Crippen molar-refractivity contribution in [2.75, 3.05) is 0 Å². The maximum atomic E-state index is 13.4. The molecule has 0 atom stereocenters. The molecule has 0 heterocycles. The minimum absolute atomic E-state index is 0.226. The molecule has 0 saturated heterocycles. The van der Waals surface area contributed by atoms with Gasteiger partial charge in [-0.05, 0) is 61.1 Å². The van der Waals surface area contributed by atoms with Gasteiger partial charge in [-0.3, -0.25) is 0 Å². The molecule has 1 aliphatic rings. The van der Waals surface area contributed by atoms with Crippen LogP contribution in [0.2, 0.25) is 0 Å². The number of aryl methyl sites for hydroxylation is 2. The monoisotopic (exact) mass is 425 g/mol. The lowest BCUT2D eigenvalue weighted by atomic mass is 9.92. The van der Waals surface area contributed by atoms with Gasteiger partial charge in [-0.1, -0.05) is 18.2 Å². The summed E-state index contributed by atoms with van der Waals surface area (Å²) in [6.45, 7) is 0. The van der Waals surface area contributed by atoms with E-state index in [-0.39, 0.29) is 5.75 Å². The molecule has 0 radical (unpaired) electrons. The number of halogens is 2. The van der Waals surface area contributed by atoms with E-state index in [1.54, 1.807) is 12.1 Å². The first-order valence-corrected chi connectivity index (χ1v) is 9.99. The van der Waals surface area contributed by atoms with Crippen LogP contribution in [0.3, 0.4) is 0 Å². The van der Waals surface area contributed by atoms with Gasteiger partial charge in [0, 0.05) is 0 Å². The quantitative estimate of drug-likeness (QED) is 0.412. The van der Waals surface area contributed by atoms with Crippen molar-refractivity contribution in [2.45, 2.75) is 30.9 Å². The van der Waals surface area contributed by atoms with Crippen LogP contribution in [0.15, 0.2) is 42.5 Å². The van der Waals surface area contributed by atoms with Crippen LogP contribution in [0.1, 0.15) is 34.3 Å². The molecule has 0 amide bonds. The van der Waals surface area contributed by atoms with E-state index in [0.717, 1.165) is 48.9 Å². The Kier molecular flexibility index (Phi) is 5.67. The Labute approximate surface area is 165 Å². The van der Waals surface area contributed by atoms with Crippen LogP contribution in [0.25, 0.3) is 0 Å². The highest BCUT2D eigenvalue weighted by Gasteiger charge is 2.49. The number of hydrogen-bond donors (Lipinski definition) is 0. The lowest BCUT2D eigenvalue weighted by molar-refractivity contribution is -0.151. The zero-order chi connectivity index (χ0) is 21.2. The second kappa shape index (κ2) is 7.88. The number of para-hydroxylation sites is 1. The van der Waals surface area contributed by atoms with Crippen molar-refractivity contribution >= 4 is 22.1 Å². The first-order valence-electron chi connectivity index (χ1n) is 8.58. The largest absolute Gasteiger partial charge is 0.743 e. The maximum Gasteiger partial charge on any atom is 0.429 e. The summed E-state index contributed by atoms with van der Waals surface area (Å²) in [5, 5.41) is -5.30. The number of hydrogen-bond acceptors (Lipinski definition) is 7. The van der Waals surface area contributed by atoms with Gasteiger partial charge >= 0.3 is 17.2 Å². The second-order valence-corrected chi connectivity index (χ2v) is 7.80. The summed E-state index contributed by atoms with van der Waals surface area (Å²) >= 11 is 0. The number of fused-ring (bicyclic) bond motifs is 1. The van der Waals surface area contributed by atoms with Crippen molar-refractivity contribution < 1.29 is 40.8 Å². The van der Waals surface area contributed by atoms with E-state index in [9.17, 15) is 31.3 Å². The lowest BCUT2D eigenvalue weighted by Gasteiger charge is -2.19. The molecule has 29 heavy (non-hydrogen) atoms. The van der Waals surface area contributed by atoms with Gasteiger partial charge in [0.2, 0.25) is 0 Å². The Hall–Kier alpha value is -2.85. The van der Waals surface area contributed by atoms with E-state index in [4.69, 9.17) is 4.74 Å². The highest BCUT2D eigenvalue weighted by Crippen LogP contribution is 2.28. The summed E-state index contributed by atoms with van der Waals surface area (Å²) in [6, 6.07) is 9.91. The first kappa shape index (κ1) is 20.9. The highest BCUT2D eigenvalue weighted by atomic mass is 32.2. The van der Waals surface area contributed by atoms with Crippen molar-refractivity contribution in [3.63, 3.8) is 0 Å². The van der Waals surface area contributed by atoms with Gasteiger partial charge in [0.15, 0.2) is 10.1 Å². The van der Waals surface area contributed by atoms with Crippen LogP contribution in [0.5, 0.6) is 11.5 Å². The average Bonchev–Trinajstić information content (AvgIpc) is 2.67. The molecule has 7 nitrogen and oxygen atoms in total. The smallest absolute Gasteiger partial charge is 0.429 e. The third-order valence-electron chi connectivity index (χ3n) is 4.39. The van der Waals surface area contributed by atoms with E-state index < -0.39 is 38.6 Å². The van der Waals surface area contributed by atoms with Gasteiger partial charge in [-0.25, -0.2) is 18.0 Å². The molecule has 10 heteroatoms. The minimum Gasteiger partial charge on any atom is -0.743 e. The van der Waals surface area contributed by atoms with Crippen molar-refractivity contribution in [1.82, 2.24) is 0 Å². The van der Waals surface area contributed by atoms with Gasteiger partial charge in [-0.15, -0.1) is 0 Å². The fraction of sp³-hybridized carbons (Fsp3) is 0.263. The molecule has 0 fully saturated rings. The van der Waals surface area contributed by atoms with E-state index >= 15 is 0 Å². The summed E-state index contributed by atoms with van der Waals surface area (Å²) in [4.78, 5) is 23.9. The first-order chi connectivity index (χ1) is 13.6. The minimum atomic E-state index is -6.29. The molecule has 0 unspecified atom stereocenters. The lowest BCUT2D eigenvalue weighted by Crippen LogP contribution is -2.40. The third kappa shape index (κ3) is 4.43. The Balaban J connectivity index is 1.81. The predicted molar refractivity (Wildman–Crippen MR) is 94.8 cm³/mol. The topological polar surface area (TPSA) is 110 Å². The fourth-order valence-corrected chi connectivity index (χ4v) is 3.17. The number of esters is 2. The Morgan fingerprint density at radius 1 is 0.966 bits per heavy atom. The number of ether oxygens (including phenoxy) is 2. The van der Waals surface area contributed by atoms with Gasteiger partial charge < -0.3 is 14.0 Å². The van der Waals surface area contributed by atoms with Crippen LogP contribution in [0, 0.1) is 0 Å². The number of carbonyl (C=O) groups is 2. The van der Waals surface area contributed by atoms with Crippen LogP contribution in [-0.4, -0.2) is 30.2 Å². The molecule has 0 spiro atoms. The summed E-state index contributed by atoms with van der Waals surface area (Å²) in [5.41, 5.74) is 1.81. The average molecular weight is 425 g/mol. The Morgan fingerprint density at radius 2 is 1.62 bits per heavy atom. The SMILES string of the molecule is O=C(Oc1ccc2c(c1)CCCC2)c1ccccc1OC(=O)C(F)(F)S(=O)(=O)[O-]. The summed E-state index contributed by atoms with van der Waals surface area (Å²) in [6.07, 6.45) is 3.86. The second-order valence-electron chi connectivity index (χ2n) is 6.38. The third-order valence-corrected chi connectivity index (χ3v) is 5.19. The molecule has 2 aromatic carbocycles. The number of alkyl halides is 2. The Morgan fingerprint density at radius 3 is 2.31 bits per heavy atom. The molecule has 0 aliphatic heterocycles. The van der Waals surface area contributed by atoms with Gasteiger partial charge in [0.05, 0.1) is 0 Å². The van der Waals surface area contributed by atoms with Crippen LogP contribution in [-0.2, 0) is 27.8 Å².